The number of rotatable bonds is 4. The predicted octanol–water partition coefficient (Wildman–Crippen LogP) is 2.19. The first-order valence-corrected chi connectivity index (χ1v) is 5.78. The summed E-state index contributed by atoms with van der Waals surface area (Å²) in [5.74, 6) is 0.293. The molecule has 0 fully saturated rings. The van der Waals surface area contributed by atoms with Crippen LogP contribution in [0.25, 0.3) is 10.8 Å². The summed E-state index contributed by atoms with van der Waals surface area (Å²) in [4.78, 5) is 15.2. The summed E-state index contributed by atoms with van der Waals surface area (Å²) in [5.41, 5.74) is 1.41. The molecule has 2 aromatic rings. The molecule has 0 atom stereocenters. The van der Waals surface area contributed by atoms with Crippen molar-refractivity contribution in [1.29, 1.82) is 0 Å². The quantitative estimate of drug-likeness (QED) is 0.913. The van der Waals surface area contributed by atoms with Gasteiger partial charge in [-0.05, 0) is 30.0 Å². The number of nitrogens with zero attached hydrogens (tertiary/aromatic N) is 1. The summed E-state index contributed by atoms with van der Waals surface area (Å²) in [5, 5.41) is 10.7. The van der Waals surface area contributed by atoms with Crippen molar-refractivity contribution in [3.63, 3.8) is 0 Å². The predicted molar refractivity (Wildman–Crippen MR) is 70.9 cm³/mol. The van der Waals surface area contributed by atoms with Gasteiger partial charge in [0.15, 0.2) is 11.5 Å². The lowest BCUT2D eigenvalue weighted by Crippen LogP contribution is -2.04. The Bertz CT molecular complexity index is 637. The molecule has 0 spiro atoms. The summed E-state index contributed by atoms with van der Waals surface area (Å²) >= 11 is 0. The average molecular weight is 261 g/mol. The van der Waals surface area contributed by atoms with Crippen LogP contribution in [-0.2, 0) is 11.2 Å². The Labute approximate surface area is 110 Å². The van der Waals surface area contributed by atoms with Gasteiger partial charge in [0.25, 0.3) is 0 Å². The molecule has 100 valence electrons. The molecule has 0 aliphatic carbocycles. The molecule has 0 radical (unpaired) electrons. The van der Waals surface area contributed by atoms with Crippen LogP contribution in [0.1, 0.15) is 11.3 Å². The van der Waals surface area contributed by atoms with Crippen LogP contribution in [0.5, 0.6) is 11.5 Å². The minimum atomic E-state index is -0.882. The minimum absolute atomic E-state index is 0.0638. The lowest BCUT2D eigenvalue weighted by atomic mass is 10.0. The van der Waals surface area contributed by atoms with E-state index in [9.17, 15) is 4.79 Å². The van der Waals surface area contributed by atoms with Crippen molar-refractivity contribution in [2.24, 2.45) is 0 Å². The zero-order chi connectivity index (χ0) is 14.0. The van der Waals surface area contributed by atoms with Crippen molar-refractivity contribution in [1.82, 2.24) is 4.98 Å². The van der Waals surface area contributed by atoms with Gasteiger partial charge in [-0.3, -0.25) is 9.78 Å². The van der Waals surface area contributed by atoms with E-state index in [0.717, 1.165) is 10.8 Å². The number of carboxylic acid groups (broad SMARTS) is 1. The van der Waals surface area contributed by atoms with Crippen LogP contribution < -0.4 is 9.47 Å². The number of hydrogen-bond acceptors (Lipinski definition) is 4. The van der Waals surface area contributed by atoms with E-state index < -0.39 is 5.97 Å². The monoisotopic (exact) mass is 261 g/mol. The van der Waals surface area contributed by atoms with Gasteiger partial charge in [0.05, 0.1) is 20.6 Å². The first-order valence-electron chi connectivity index (χ1n) is 5.78. The number of ether oxygens (including phenoxy) is 2. The van der Waals surface area contributed by atoms with E-state index in [4.69, 9.17) is 14.6 Å². The highest BCUT2D eigenvalue weighted by Gasteiger charge is 2.13. The van der Waals surface area contributed by atoms with Crippen LogP contribution in [0.2, 0.25) is 0 Å². The molecule has 0 unspecified atom stereocenters. The van der Waals surface area contributed by atoms with Crippen molar-refractivity contribution in [3.05, 3.63) is 29.6 Å². The van der Waals surface area contributed by atoms with Gasteiger partial charge >= 0.3 is 5.97 Å². The minimum Gasteiger partial charge on any atom is -0.493 e. The van der Waals surface area contributed by atoms with Crippen molar-refractivity contribution in [3.8, 4) is 11.5 Å². The fraction of sp³-hybridized carbons (Fsp3) is 0.286. The van der Waals surface area contributed by atoms with Crippen molar-refractivity contribution < 1.29 is 19.4 Å². The molecule has 1 heterocycles. The van der Waals surface area contributed by atoms with Crippen molar-refractivity contribution in [2.75, 3.05) is 14.2 Å². The third-order valence-corrected chi connectivity index (χ3v) is 3.04. The Balaban J connectivity index is 2.72. The topological polar surface area (TPSA) is 68.7 Å². The Morgan fingerprint density at radius 2 is 1.89 bits per heavy atom. The molecule has 0 bridgehead atoms. The van der Waals surface area contributed by atoms with E-state index in [-0.39, 0.29) is 6.42 Å². The van der Waals surface area contributed by atoms with Crippen LogP contribution in [0, 0.1) is 6.92 Å². The van der Waals surface area contributed by atoms with E-state index >= 15 is 0 Å². The van der Waals surface area contributed by atoms with E-state index in [1.54, 1.807) is 39.5 Å². The maximum atomic E-state index is 11.0. The largest absolute Gasteiger partial charge is 0.493 e. The molecule has 5 nitrogen and oxygen atoms in total. The molecule has 2 rings (SSSR count). The normalized spacial score (nSPS) is 10.5. The fourth-order valence-electron chi connectivity index (χ4n) is 2.08. The highest BCUT2D eigenvalue weighted by atomic mass is 16.5. The third kappa shape index (κ3) is 2.45. The number of aliphatic carboxylic acids is 1. The zero-order valence-electron chi connectivity index (χ0n) is 11.1. The summed E-state index contributed by atoms with van der Waals surface area (Å²) < 4.78 is 10.5. The highest BCUT2D eigenvalue weighted by Crippen LogP contribution is 2.34. The second kappa shape index (κ2) is 5.14. The van der Waals surface area contributed by atoms with Gasteiger partial charge in [-0.1, -0.05) is 0 Å². The number of carboxylic acids is 1. The number of fused-ring (bicyclic) bond motifs is 1. The number of methoxy groups -OCH3 is 2. The van der Waals surface area contributed by atoms with Crippen LogP contribution in [0.15, 0.2) is 18.3 Å². The molecule has 19 heavy (non-hydrogen) atoms. The Hall–Kier alpha value is -2.30. The van der Waals surface area contributed by atoms with Crippen LogP contribution in [-0.4, -0.2) is 30.3 Å². The molecular weight excluding hydrogens is 246 g/mol. The number of aryl methyl sites for hydroxylation is 1. The molecular formula is C14H15NO4. The van der Waals surface area contributed by atoms with Crippen LogP contribution in [0.3, 0.4) is 0 Å². The third-order valence-electron chi connectivity index (χ3n) is 3.04. The fourth-order valence-corrected chi connectivity index (χ4v) is 2.08. The van der Waals surface area contributed by atoms with E-state index in [0.29, 0.717) is 22.8 Å². The maximum Gasteiger partial charge on any atom is 0.307 e. The zero-order valence-corrected chi connectivity index (χ0v) is 11.1. The number of aromatic nitrogens is 1. The SMILES string of the molecule is COc1cc2cnc(C)c(CC(=O)O)c2cc1OC. The van der Waals surface area contributed by atoms with E-state index in [1.165, 1.54) is 0 Å². The molecule has 1 N–H and O–H groups in total. The lowest BCUT2D eigenvalue weighted by molar-refractivity contribution is -0.136. The molecule has 1 aromatic heterocycles. The molecule has 0 amide bonds. The van der Waals surface area contributed by atoms with E-state index in [1.807, 2.05) is 0 Å². The highest BCUT2D eigenvalue weighted by molar-refractivity contribution is 5.91. The average Bonchev–Trinajstić information content (AvgIpc) is 2.40. The Morgan fingerprint density at radius 1 is 1.26 bits per heavy atom. The van der Waals surface area contributed by atoms with E-state index in [2.05, 4.69) is 4.98 Å². The molecule has 0 saturated heterocycles. The number of benzene rings is 1. The second-order valence-electron chi connectivity index (χ2n) is 4.19. The first-order chi connectivity index (χ1) is 9.06. The number of carbonyl (C=O) groups is 1. The molecule has 5 heteroatoms. The smallest absolute Gasteiger partial charge is 0.307 e. The van der Waals surface area contributed by atoms with Gasteiger partial charge in [-0.25, -0.2) is 0 Å². The summed E-state index contributed by atoms with van der Waals surface area (Å²) in [6, 6.07) is 3.59. The van der Waals surface area contributed by atoms with Gasteiger partial charge < -0.3 is 14.6 Å². The Morgan fingerprint density at radius 3 is 2.47 bits per heavy atom. The first kappa shape index (κ1) is 13.1. The van der Waals surface area contributed by atoms with Crippen LogP contribution in [0.4, 0.5) is 0 Å². The summed E-state index contributed by atoms with van der Waals surface area (Å²) in [6.45, 7) is 1.80. The summed E-state index contributed by atoms with van der Waals surface area (Å²) in [6.07, 6.45) is 1.64. The van der Waals surface area contributed by atoms with Gasteiger partial charge in [0, 0.05) is 17.3 Å². The van der Waals surface area contributed by atoms with Crippen molar-refractivity contribution in [2.45, 2.75) is 13.3 Å². The second-order valence-corrected chi connectivity index (χ2v) is 4.19. The molecule has 0 aliphatic rings. The number of pyridine rings is 1. The standard InChI is InChI=1S/C14H15NO4/c1-8-10(6-14(16)17)11-5-13(19-3)12(18-2)4-9(11)7-15-8/h4-5,7H,6H2,1-3H3,(H,16,17). The van der Waals surface area contributed by atoms with Crippen LogP contribution >= 0.6 is 0 Å². The molecule has 1 aromatic carbocycles. The van der Waals surface area contributed by atoms with Crippen molar-refractivity contribution >= 4 is 16.7 Å². The maximum absolute atomic E-state index is 11.0. The molecule has 0 aliphatic heterocycles. The number of hydrogen-bond donors (Lipinski definition) is 1. The van der Waals surface area contributed by atoms with Gasteiger partial charge in [0.2, 0.25) is 0 Å². The van der Waals surface area contributed by atoms with Gasteiger partial charge in [0.1, 0.15) is 0 Å². The Kier molecular flexibility index (Phi) is 3.55. The lowest BCUT2D eigenvalue weighted by Gasteiger charge is -2.12. The van der Waals surface area contributed by atoms with Gasteiger partial charge in [-0.15, -0.1) is 0 Å². The summed E-state index contributed by atoms with van der Waals surface area (Å²) in [7, 11) is 3.11. The van der Waals surface area contributed by atoms with Gasteiger partial charge in [-0.2, -0.15) is 0 Å². The molecule has 0 saturated carbocycles.